The molecule has 0 saturated heterocycles. The fraction of sp³-hybridized carbons (Fsp3) is 0.684. The zero-order valence-corrected chi connectivity index (χ0v) is 15.2. The van der Waals surface area contributed by atoms with E-state index in [9.17, 15) is 0 Å². The summed E-state index contributed by atoms with van der Waals surface area (Å²) >= 11 is 0. The van der Waals surface area contributed by atoms with Crippen molar-refractivity contribution in [2.24, 2.45) is 5.92 Å². The van der Waals surface area contributed by atoms with E-state index in [1.54, 1.807) is 13.8 Å². The summed E-state index contributed by atoms with van der Waals surface area (Å²) in [6.07, 6.45) is 5.73. The summed E-state index contributed by atoms with van der Waals surface area (Å²) in [5.74, 6) is 1.65. The van der Waals surface area contributed by atoms with Crippen LogP contribution in [0.4, 0.5) is 0 Å². The highest BCUT2D eigenvalue weighted by atomic mass is 16.7. The largest absolute Gasteiger partial charge is 0.473 e. The van der Waals surface area contributed by atoms with Crippen LogP contribution in [-0.4, -0.2) is 26.8 Å². The summed E-state index contributed by atoms with van der Waals surface area (Å²) in [6, 6.07) is 0. The molecule has 4 heteroatoms. The quantitative estimate of drug-likeness (QED) is 0.169. The van der Waals surface area contributed by atoms with Crippen molar-refractivity contribution in [3.63, 3.8) is 0 Å². The molecule has 0 aromatic heterocycles. The zero-order valence-electron chi connectivity index (χ0n) is 15.2. The molecule has 4 nitrogen and oxygen atoms in total. The van der Waals surface area contributed by atoms with Crippen LogP contribution < -0.4 is 0 Å². The van der Waals surface area contributed by atoms with Crippen LogP contribution in [0.3, 0.4) is 0 Å². The Morgan fingerprint density at radius 1 is 0.783 bits per heavy atom. The lowest BCUT2D eigenvalue weighted by molar-refractivity contribution is -0.0725. The van der Waals surface area contributed by atoms with Crippen LogP contribution in [0, 0.1) is 5.92 Å². The minimum atomic E-state index is 0.240. The maximum Gasteiger partial charge on any atom is 0.188 e. The van der Waals surface area contributed by atoms with Crippen molar-refractivity contribution in [3.8, 4) is 0 Å². The third kappa shape index (κ3) is 16.9. The number of rotatable bonds is 16. The van der Waals surface area contributed by atoms with E-state index in [4.69, 9.17) is 18.9 Å². The van der Waals surface area contributed by atoms with E-state index in [2.05, 4.69) is 26.7 Å². The number of allylic oxidation sites excluding steroid dienone is 3. The number of ether oxygens (including phenoxy) is 4. The molecule has 0 aliphatic heterocycles. The van der Waals surface area contributed by atoms with E-state index in [-0.39, 0.29) is 13.6 Å². The molecule has 0 rings (SSSR count). The molecular weight excluding hydrogens is 292 g/mol. The zero-order chi connectivity index (χ0) is 17.5. The predicted octanol–water partition coefficient (Wildman–Crippen LogP) is 5.18. The van der Waals surface area contributed by atoms with Crippen molar-refractivity contribution in [1.29, 1.82) is 0 Å². The van der Waals surface area contributed by atoms with Crippen LogP contribution in [-0.2, 0) is 18.9 Å². The van der Waals surface area contributed by atoms with Gasteiger partial charge in [-0.15, -0.1) is 6.58 Å². The molecule has 0 N–H and O–H groups in total. The SMILES string of the molecule is C=C(C)CCCCCC(COCOC(=C)C)COCOC(=C)C. The third-order valence-electron chi connectivity index (χ3n) is 3.20. The Bertz CT molecular complexity index is 327. The highest BCUT2D eigenvalue weighted by Crippen LogP contribution is 2.14. The summed E-state index contributed by atoms with van der Waals surface area (Å²) in [4.78, 5) is 0. The second-order valence-electron chi connectivity index (χ2n) is 6.09. The smallest absolute Gasteiger partial charge is 0.188 e. The van der Waals surface area contributed by atoms with Crippen molar-refractivity contribution >= 4 is 0 Å². The molecule has 0 spiro atoms. The van der Waals surface area contributed by atoms with Crippen molar-refractivity contribution in [2.75, 3.05) is 26.8 Å². The van der Waals surface area contributed by atoms with Gasteiger partial charge in [-0.05, 0) is 40.0 Å². The Morgan fingerprint density at radius 3 is 1.74 bits per heavy atom. The lowest BCUT2D eigenvalue weighted by atomic mass is 10.0. The standard InChI is InChI=1S/C19H34O4/c1-16(2)10-8-7-9-11-19(12-20-14-22-17(3)4)13-21-15-23-18(5)6/h19H,1,3,5,7-15H2,2,4,6H3. The second kappa shape index (κ2) is 14.3. The highest BCUT2D eigenvalue weighted by molar-refractivity contribution is 4.87. The van der Waals surface area contributed by atoms with Gasteiger partial charge < -0.3 is 18.9 Å². The van der Waals surface area contributed by atoms with Crippen LogP contribution in [0.25, 0.3) is 0 Å². The van der Waals surface area contributed by atoms with Gasteiger partial charge >= 0.3 is 0 Å². The Hall–Kier alpha value is -1.26. The molecule has 0 aliphatic rings. The van der Waals surface area contributed by atoms with Gasteiger partial charge in [0.2, 0.25) is 0 Å². The molecular formula is C19H34O4. The van der Waals surface area contributed by atoms with Gasteiger partial charge in [-0.1, -0.05) is 31.6 Å². The van der Waals surface area contributed by atoms with Crippen molar-refractivity contribution in [2.45, 2.75) is 52.9 Å². The molecule has 0 heterocycles. The normalized spacial score (nSPS) is 10.6. The predicted molar refractivity (Wildman–Crippen MR) is 94.8 cm³/mol. The van der Waals surface area contributed by atoms with Gasteiger partial charge in [0.15, 0.2) is 13.6 Å². The van der Waals surface area contributed by atoms with E-state index in [1.807, 2.05) is 0 Å². The average molecular weight is 326 g/mol. The summed E-state index contributed by atoms with van der Waals surface area (Å²) in [6.45, 7) is 18.7. The van der Waals surface area contributed by atoms with Crippen LogP contribution in [0.15, 0.2) is 36.8 Å². The molecule has 0 fully saturated rings. The van der Waals surface area contributed by atoms with Gasteiger partial charge in [0.1, 0.15) is 0 Å². The summed E-state index contributed by atoms with van der Waals surface area (Å²) < 4.78 is 21.5. The Morgan fingerprint density at radius 2 is 1.30 bits per heavy atom. The first-order valence-electron chi connectivity index (χ1n) is 8.28. The first-order chi connectivity index (χ1) is 10.9. The number of hydrogen-bond donors (Lipinski definition) is 0. The molecule has 0 atom stereocenters. The average Bonchev–Trinajstić information content (AvgIpc) is 2.45. The molecule has 0 saturated carbocycles. The third-order valence-corrected chi connectivity index (χ3v) is 3.20. The summed E-state index contributed by atoms with van der Waals surface area (Å²) in [5, 5.41) is 0. The van der Waals surface area contributed by atoms with Crippen LogP contribution in [0.1, 0.15) is 52.9 Å². The van der Waals surface area contributed by atoms with Crippen LogP contribution in [0.2, 0.25) is 0 Å². The van der Waals surface area contributed by atoms with Crippen LogP contribution in [0.5, 0.6) is 0 Å². The molecule has 134 valence electrons. The fourth-order valence-corrected chi connectivity index (χ4v) is 1.97. The van der Waals surface area contributed by atoms with E-state index in [1.165, 1.54) is 18.4 Å². The molecule has 0 unspecified atom stereocenters. The Balaban J connectivity index is 3.92. The number of unbranched alkanes of at least 4 members (excludes halogenated alkanes) is 2. The van der Waals surface area contributed by atoms with E-state index in [0.29, 0.717) is 30.6 Å². The maximum absolute atomic E-state index is 5.54. The molecule has 0 aliphatic carbocycles. The van der Waals surface area contributed by atoms with Crippen molar-refractivity contribution in [1.82, 2.24) is 0 Å². The monoisotopic (exact) mass is 326 g/mol. The Labute approximate surface area is 142 Å². The van der Waals surface area contributed by atoms with E-state index < -0.39 is 0 Å². The molecule has 0 aromatic carbocycles. The lowest BCUT2D eigenvalue weighted by Crippen LogP contribution is -2.18. The first-order valence-corrected chi connectivity index (χ1v) is 8.28. The summed E-state index contributed by atoms with van der Waals surface area (Å²) in [5.41, 5.74) is 1.25. The Kier molecular flexibility index (Phi) is 13.6. The van der Waals surface area contributed by atoms with Crippen LogP contribution >= 0.6 is 0 Å². The van der Waals surface area contributed by atoms with Gasteiger partial charge in [0, 0.05) is 5.92 Å². The molecule has 0 amide bonds. The van der Waals surface area contributed by atoms with Crippen molar-refractivity contribution < 1.29 is 18.9 Å². The molecule has 0 aromatic rings. The van der Waals surface area contributed by atoms with Gasteiger partial charge in [0.05, 0.1) is 24.7 Å². The minimum Gasteiger partial charge on any atom is -0.473 e. The maximum atomic E-state index is 5.54. The van der Waals surface area contributed by atoms with E-state index >= 15 is 0 Å². The van der Waals surface area contributed by atoms with Gasteiger partial charge in [-0.2, -0.15) is 0 Å². The lowest BCUT2D eigenvalue weighted by Gasteiger charge is -2.18. The topological polar surface area (TPSA) is 36.9 Å². The molecule has 23 heavy (non-hydrogen) atoms. The minimum absolute atomic E-state index is 0.240. The first kappa shape index (κ1) is 21.7. The summed E-state index contributed by atoms with van der Waals surface area (Å²) in [7, 11) is 0. The molecule has 0 bridgehead atoms. The van der Waals surface area contributed by atoms with Crippen molar-refractivity contribution in [3.05, 3.63) is 36.8 Å². The molecule has 0 radical (unpaired) electrons. The fourth-order valence-electron chi connectivity index (χ4n) is 1.97. The van der Waals surface area contributed by atoms with Gasteiger partial charge in [-0.3, -0.25) is 0 Å². The second-order valence-corrected chi connectivity index (χ2v) is 6.09. The van der Waals surface area contributed by atoms with E-state index in [0.717, 1.165) is 19.3 Å². The van der Waals surface area contributed by atoms with Gasteiger partial charge in [-0.25, -0.2) is 0 Å². The van der Waals surface area contributed by atoms with Gasteiger partial charge in [0.25, 0.3) is 0 Å². The highest BCUT2D eigenvalue weighted by Gasteiger charge is 2.10. The number of hydrogen-bond acceptors (Lipinski definition) is 4.